The monoisotopic (exact) mass is 342 g/mol. The lowest BCUT2D eigenvalue weighted by Gasteiger charge is -2.12. The standard InChI is InChI=1S/C18H18N2O5/c1-25-14-6-7-16(19-11-21)15(10-14)18(24)20-13-4-2-3-12(9-13)5-8-17(22)23/h2-4,6-7,9-11H,5,8H2,1H3,(H,19,21)(H,20,24)(H,22,23). The largest absolute Gasteiger partial charge is 0.497 e. The maximum Gasteiger partial charge on any atom is 0.303 e. The molecule has 25 heavy (non-hydrogen) atoms. The first-order chi connectivity index (χ1) is 12.0. The molecule has 0 heterocycles. The van der Waals surface area contributed by atoms with Crippen LogP contribution in [0.3, 0.4) is 0 Å². The van der Waals surface area contributed by atoms with Crippen molar-refractivity contribution in [1.29, 1.82) is 0 Å². The van der Waals surface area contributed by atoms with Gasteiger partial charge in [-0.25, -0.2) is 0 Å². The van der Waals surface area contributed by atoms with Crippen LogP contribution < -0.4 is 15.4 Å². The van der Waals surface area contributed by atoms with Gasteiger partial charge in [-0.05, 0) is 42.3 Å². The van der Waals surface area contributed by atoms with Gasteiger partial charge in [0.2, 0.25) is 6.41 Å². The highest BCUT2D eigenvalue weighted by Gasteiger charge is 2.13. The summed E-state index contributed by atoms with van der Waals surface area (Å²) in [5.41, 5.74) is 1.95. The average Bonchev–Trinajstić information content (AvgIpc) is 2.61. The highest BCUT2D eigenvalue weighted by Crippen LogP contribution is 2.23. The molecule has 0 radical (unpaired) electrons. The first-order valence-electron chi connectivity index (χ1n) is 7.54. The van der Waals surface area contributed by atoms with Crippen LogP contribution in [0.2, 0.25) is 0 Å². The fraction of sp³-hybridized carbons (Fsp3) is 0.167. The van der Waals surface area contributed by atoms with Crippen LogP contribution in [0.4, 0.5) is 11.4 Å². The molecule has 2 rings (SSSR count). The highest BCUT2D eigenvalue weighted by atomic mass is 16.5. The van der Waals surface area contributed by atoms with Crippen molar-refractivity contribution >= 4 is 29.7 Å². The van der Waals surface area contributed by atoms with Crippen molar-refractivity contribution in [2.45, 2.75) is 12.8 Å². The van der Waals surface area contributed by atoms with Crippen LogP contribution in [-0.2, 0) is 16.0 Å². The van der Waals surface area contributed by atoms with Crippen LogP contribution in [0.15, 0.2) is 42.5 Å². The van der Waals surface area contributed by atoms with E-state index in [1.54, 1.807) is 36.4 Å². The van der Waals surface area contributed by atoms with Crippen LogP contribution in [0.5, 0.6) is 5.75 Å². The number of benzene rings is 2. The third-order valence-electron chi connectivity index (χ3n) is 3.50. The minimum Gasteiger partial charge on any atom is -0.497 e. The lowest BCUT2D eigenvalue weighted by atomic mass is 10.1. The highest BCUT2D eigenvalue weighted by molar-refractivity contribution is 6.09. The number of anilines is 2. The summed E-state index contributed by atoms with van der Waals surface area (Å²) in [4.78, 5) is 33.9. The number of rotatable bonds is 8. The van der Waals surface area contributed by atoms with E-state index in [1.807, 2.05) is 0 Å². The van der Waals surface area contributed by atoms with Crippen LogP contribution in [0.25, 0.3) is 0 Å². The molecule has 3 N–H and O–H groups in total. The molecule has 0 unspecified atom stereocenters. The van der Waals surface area contributed by atoms with Gasteiger partial charge in [0.15, 0.2) is 0 Å². The molecule has 0 aliphatic rings. The zero-order valence-electron chi connectivity index (χ0n) is 13.6. The molecule has 0 aliphatic carbocycles. The molecular weight excluding hydrogens is 324 g/mol. The summed E-state index contributed by atoms with van der Waals surface area (Å²) in [6.45, 7) is 0. The lowest BCUT2D eigenvalue weighted by molar-refractivity contribution is -0.137. The molecule has 0 atom stereocenters. The molecule has 7 nitrogen and oxygen atoms in total. The maximum atomic E-state index is 12.5. The van der Waals surface area contributed by atoms with Gasteiger partial charge in [-0.15, -0.1) is 0 Å². The Labute approximate surface area is 144 Å². The fourth-order valence-electron chi connectivity index (χ4n) is 2.28. The second-order valence-corrected chi connectivity index (χ2v) is 5.22. The molecule has 2 amide bonds. The predicted molar refractivity (Wildman–Crippen MR) is 93.0 cm³/mol. The Morgan fingerprint density at radius 3 is 2.68 bits per heavy atom. The number of hydrogen-bond donors (Lipinski definition) is 3. The Balaban J connectivity index is 2.20. The van der Waals surface area contributed by atoms with Crippen molar-refractivity contribution < 1.29 is 24.2 Å². The SMILES string of the molecule is COc1ccc(NC=O)c(C(=O)Nc2cccc(CCC(=O)O)c2)c1. The number of nitrogens with one attached hydrogen (secondary N) is 2. The van der Waals surface area contributed by atoms with E-state index in [2.05, 4.69) is 10.6 Å². The molecule has 2 aromatic carbocycles. The normalized spacial score (nSPS) is 9.96. The first-order valence-corrected chi connectivity index (χ1v) is 7.54. The summed E-state index contributed by atoms with van der Waals surface area (Å²) in [6, 6.07) is 11.7. The number of carbonyl (C=O) groups excluding carboxylic acids is 2. The Hall–Kier alpha value is -3.35. The summed E-state index contributed by atoms with van der Waals surface area (Å²) < 4.78 is 5.11. The van der Waals surface area contributed by atoms with E-state index >= 15 is 0 Å². The van der Waals surface area contributed by atoms with Gasteiger partial charge in [0, 0.05) is 12.1 Å². The minimum absolute atomic E-state index is 0.0146. The molecule has 0 spiro atoms. The molecule has 0 aliphatic heterocycles. The zero-order chi connectivity index (χ0) is 18.2. The van der Waals surface area contributed by atoms with Crippen LogP contribution >= 0.6 is 0 Å². The van der Waals surface area contributed by atoms with E-state index < -0.39 is 11.9 Å². The number of carbonyl (C=O) groups is 3. The molecule has 0 saturated heterocycles. The third-order valence-corrected chi connectivity index (χ3v) is 3.50. The van der Waals surface area contributed by atoms with Crippen LogP contribution in [0.1, 0.15) is 22.3 Å². The van der Waals surface area contributed by atoms with Crippen molar-refractivity contribution in [2.24, 2.45) is 0 Å². The summed E-state index contributed by atoms with van der Waals surface area (Å²) in [6.07, 6.45) is 0.877. The fourth-order valence-corrected chi connectivity index (χ4v) is 2.28. The van der Waals surface area contributed by atoms with Gasteiger partial charge < -0.3 is 20.5 Å². The maximum absolute atomic E-state index is 12.5. The van der Waals surface area contributed by atoms with Crippen molar-refractivity contribution in [1.82, 2.24) is 0 Å². The molecule has 2 aromatic rings. The van der Waals surface area contributed by atoms with Crippen molar-refractivity contribution in [3.8, 4) is 5.75 Å². The molecule has 0 saturated carbocycles. The van der Waals surface area contributed by atoms with Gasteiger partial charge in [0.05, 0.1) is 18.4 Å². The van der Waals surface area contributed by atoms with E-state index in [4.69, 9.17) is 9.84 Å². The Morgan fingerprint density at radius 1 is 1.20 bits per heavy atom. The topological polar surface area (TPSA) is 105 Å². The van der Waals surface area contributed by atoms with Crippen LogP contribution in [0, 0.1) is 0 Å². The number of carboxylic acids is 1. The van der Waals surface area contributed by atoms with Crippen molar-refractivity contribution in [3.63, 3.8) is 0 Å². The van der Waals surface area contributed by atoms with Gasteiger partial charge in [-0.3, -0.25) is 14.4 Å². The Kier molecular flexibility index (Phi) is 6.11. The van der Waals surface area contributed by atoms with Crippen molar-refractivity contribution in [3.05, 3.63) is 53.6 Å². The summed E-state index contributed by atoms with van der Waals surface area (Å²) in [5, 5.41) is 14.0. The Morgan fingerprint density at radius 2 is 2.00 bits per heavy atom. The van der Waals surface area contributed by atoms with E-state index in [0.29, 0.717) is 30.0 Å². The van der Waals surface area contributed by atoms with E-state index in [9.17, 15) is 14.4 Å². The molecular formula is C18H18N2O5. The first kappa shape index (κ1) is 18.0. The summed E-state index contributed by atoms with van der Waals surface area (Å²) >= 11 is 0. The molecule has 0 aromatic heterocycles. The molecule has 7 heteroatoms. The second kappa shape index (κ2) is 8.49. The van der Waals surface area contributed by atoms with Gasteiger partial charge >= 0.3 is 5.97 Å². The van der Waals surface area contributed by atoms with Gasteiger partial charge in [-0.1, -0.05) is 12.1 Å². The predicted octanol–water partition coefficient (Wildman–Crippen LogP) is 2.53. The minimum atomic E-state index is -0.879. The van der Waals surface area contributed by atoms with E-state index in [-0.39, 0.29) is 12.0 Å². The summed E-state index contributed by atoms with van der Waals surface area (Å²) in [7, 11) is 1.48. The van der Waals surface area contributed by atoms with E-state index in [0.717, 1.165) is 5.56 Å². The number of amides is 2. The number of aryl methyl sites for hydroxylation is 1. The number of methoxy groups -OCH3 is 1. The smallest absolute Gasteiger partial charge is 0.303 e. The quantitative estimate of drug-likeness (QED) is 0.640. The molecule has 0 bridgehead atoms. The molecule has 0 fully saturated rings. The van der Waals surface area contributed by atoms with Gasteiger partial charge in [0.1, 0.15) is 5.75 Å². The third kappa shape index (κ3) is 5.07. The number of carboxylic acid groups (broad SMARTS) is 1. The second-order valence-electron chi connectivity index (χ2n) is 5.22. The number of ether oxygens (including phenoxy) is 1. The number of aliphatic carboxylic acids is 1. The van der Waals surface area contributed by atoms with Gasteiger partial charge in [0.25, 0.3) is 5.91 Å². The summed E-state index contributed by atoms with van der Waals surface area (Å²) in [5.74, 6) is -0.814. The zero-order valence-corrected chi connectivity index (χ0v) is 13.6. The average molecular weight is 342 g/mol. The van der Waals surface area contributed by atoms with Crippen molar-refractivity contribution in [2.75, 3.05) is 17.7 Å². The number of hydrogen-bond acceptors (Lipinski definition) is 4. The molecule has 130 valence electrons. The van der Waals surface area contributed by atoms with Gasteiger partial charge in [-0.2, -0.15) is 0 Å². The van der Waals surface area contributed by atoms with E-state index in [1.165, 1.54) is 13.2 Å². The Bertz CT molecular complexity index is 789. The lowest BCUT2D eigenvalue weighted by Crippen LogP contribution is -2.15. The van der Waals surface area contributed by atoms with Crippen LogP contribution in [-0.4, -0.2) is 30.5 Å².